The molecule has 0 spiro atoms. The normalized spacial score (nSPS) is 10.7. The SMILES string of the molecule is CCc1ccc(CC(=O)NC(C)(C)CN)cc1.Cl. The van der Waals surface area contributed by atoms with Gasteiger partial charge in [0.15, 0.2) is 0 Å². The summed E-state index contributed by atoms with van der Waals surface area (Å²) in [4.78, 5) is 11.8. The van der Waals surface area contributed by atoms with Gasteiger partial charge in [0.1, 0.15) is 0 Å². The highest BCUT2D eigenvalue weighted by molar-refractivity contribution is 5.85. The lowest BCUT2D eigenvalue weighted by Gasteiger charge is -2.24. The van der Waals surface area contributed by atoms with E-state index in [1.807, 2.05) is 26.0 Å². The van der Waals surface area contributed by atoms with E-state index in [-0.39, 0.29) is 23.9 Å². The molecule has 0 heterocycles. The fourth-order valence-corrected chi connectivity index (χ4v) is 1.55. The van der Waals surface area contributed by atoms with Gasteiger partial charge in [-0.15, -0.1) is 12.4 Å². The molecule has 4 heteroatoms. The summed E-state index contributed by atoms with van der Waals surface area (Å²) in [5.41, 5.74) is 7.56. The number of benzene rings is 1. The van der Waals surface area contributed by atoms with Crippen LogP contribution >= 0.6 is 12.4 Å². The third kappa shape index (κ3) is 5.52. The molecule has 0 aliphatic carbocycles. The van der Waals surface area contributed by atoms with Crippen LogP contribution in [0.4, 0.5) is 0 Å². The van der Waals surface area contributed by atoms with E-state index in [1.54, 1.807) is 0 Å². The lowest BCUT2D eigenvalue weighted by molar-refractivity contribution is -0.121. The number of hydrogen-bond donors (Lipinski definition) is 2. The number of amides is 1. The zero-order valence-corrected chi connectivity index (χ0v) is 12.1. The van der Waals surface area contributed by atoms with Gasteiger partial charge < -0.3 is 11.1 Å². The van der Waals surface area contributed by atoms with E-state index >= 15 is 0 Å². The summed E-state index contributed by atoms with van der Waals surface area (Å²) in [6, 6.07) is 8.15. The van der Waals surface area contributed by atoms with E-state index in [1.165, 1.54) is 5.56 Å². The predicted molar refractivity (Wildman–Crippen MR) is 78.0 cm³/mol. The summed E-state index contributed by atoms with van der Waals surface area (Å²) < 4.78 is 0. The molecule has 0 atom stereocenters. The molecule has 0 aromatic heterocycles. The number of carbonyl (C=O) groups excluding carboxylic acids is 1. The van der Waals surface area contributed by atoms with E-state index in [0.29, 0.717) is 13.0 Å². The predicted octanol–water partition coefficient (Wildman–Crippen LogP) is 2.07. The molecule has 102 valence electrons. The van der Waals surface area contributed by atoms with Gasteiger partial charge in [-0.2, -0.15) is 0 Å². The number of rotatable bonds is 5. The molecule has 0 aliphatic rings. The summed E-state index contributed by atoms with van der Waals surface area (Å²) in [5.74, 6) is 0.0182. The molecule has 0 unspecified atom stereocenters. The Kier molecular flexibility index (Phi) is 6.96. The number of nitrogens with two attached hydrogens (primary N) is 1. The van der Waals surface area contributed by atoms with Gasteiger partial charge in [0.2, 0.25) is 5.91 Å². The van der Waals surface area contributed by atoms with E-state index in [2.05, 4.69) is 24.4 Å². The van der Waals surface area contributed by atoms with Gasteiger partial charge in [0.05, 0.1) is 6.42 Å². The molecule has 1 aromatic rings. The molecule has 0 saturated carbocycles. The van der Waals surface area contributed by atoms with Crippen LogP contribution in [0.25, 0.3) is 0 Å². The lowest BCUT2D eigenvalue weighted by Crippen LogP contribution is -2.49. The molecular formula is C14H23ClN2O. The van der Waals surface area contributed by atoms with Crippen molar-refractivity contribution in [2.45, 2.75) is 39.2 Å². The van der Waals surface area contributed by atoms with E-state index in [0.717, 1.165) is 12.0 Å². The van der Waals surface area contributed by atoms with Crippen LogP contribution in [0.3, 0.4) is 0 Å². The Hall–Kier alpha value is -1.06. The Labute approximate surface area is 116 Å². The van der Waals surface area contributed by atoms with Crippen molar-refractivity contribution >= 4 is 18.3 Å². The lowest BCUT2D eigenvalue weighted by atomic mass is 10.0. The second kappa shape index (κ2) is 7.39. The number of carbonyl (C=O) groups is 1. The second-order valence-corrected chi connectivity index (χ2v) is 4.98. The van der Waals surface area contributed by atoms with Crippen molar-refractivity contribution in [2.24, 2.45) is 5.73 Å². The van der Waals surface area contributed by atoms with Gasteiger partial charge in [-0.25, -0.2) is 0 Å². The van der Waals surface area contributed by atoms with E-state index in [9.17, 15) is 4.79 Å². The number of hydrogen-bond acceptors (Lipinski definition) is 2. The van der Waals surface area contributed by atoms with E-state index in [4.69, 9.17) is 5.73 Å². The quantitative estimate of drug-likeness (QED) is 0.861. The van der Waals surface area contributed by atoms with Crippen molar-refractivity contribution in [3.63, 3.8) is 0 Å². The summed E-state index contributed by atoms with van der Waals surface area (Å²) in [5, 5.41) is 2.92. The number of halogens is 1. The monoisotopic (exact) mass is 270 g/mol. The smallest absolute Gasteiger partial charge is 0.224 e. The first-order chi connectivity index (χ1) is 7.96. The van der Waals surface area contributed by atoms with Crippen LogP contribution in [0, 0.1) is 0 Å². The topological polar surface area (TPSA) is 55.1 Å². The third-order valence-corrected chi connectivity index (χ3v) is 2.78. The third-order valence-electron chi connectivity index (χ3n) is 2.78. The molecule has 0 saturated heterocycles. The Bertz CT molecular complexity index is 374. The van der Waals surface area contributed by atoms with Crippen LogP contribution < -0.4 is 11.1 Å². The molecule has 0 aliphatic heterocycles. The molecule has 0 bridgehead atoms. The highest BCUT2D eigenvalue weighted by Crippen LogP contribution is 2.07. The van der Waals surface area contributed by atoms with Crippen LogP contribution in [0.1, 0.15) is 31.9 Å². The Morgan fingerprint density at radius 2 is 1.72 bits per heavy atom. The van der Waals surface area contributed by atoms with Gasteiger partial charge in [-0.1, -0.05) is 31.2 Å². The molecule has 0 radical (unpaired) electrons. The Morgan fingerprint density at radius 3 is 2.17 bits per heavy atom. The number of nitrogens with one attached hydrogen (secondary N) is 1. The van der Waals surface area contributed by atoms with Crippen LogP contribution in [0.2, 0.25) is 0 Å². The molecule has 3 N–H and O–H groups in total. The maximum atomic E-state index is 11.8. The highest BCUT2D eigenvalue weighted by Gasteiger charge is 2.17. The molecular weight excluding hydrogens is 248 g/mol. The molecule has 0 fully saturated rings. The van der Waals surface area contributed by atoms with Crippen molar-refractivity contribution in [3.8, 4) is 0 Å². The summed E-state index contributed by atoms with van der Waals surface area (Å²) in [6.45, 7) is 6.40. The zero-order valence-electron chi connectivity index (χ0n) is 11.3. The summed E-state index contributed by atoms with van der Waals surface area (Å²) in [6.07, 6.45) is 1.43. The fraction of sp³-hybridized carbons (Fsp3) is 0.500. The maximum Gasteiger partial charge on any atom is 0.224 e. The first kappa shape index (κ1) is 16.9. The minimum Gasteiger partial charge on any atom is -0.350 e. The van der Waals surface area contributed by atoms with Gasteiger partial charge in [-0.05, 0) is 31.4 Å². The Balaban J connectivity index is 0.00000289. The van der Waals surface area contributed by atoms with Crippen LogP contribution in [0.5, 0.6) is 0 Å². The van der Waals surface area contributed by atoms with Crippen molar-refractivity contribution in [1.82, 2.24) is 5.32 Å². The highest BCUT2D eigenvalue weighted by atomic mass is 35.5. The first-order valence-corrected chi connectivity index (χ1v) is 6.06. The molecule has 1 amide bonds. The van der Waals surface area contributed by atoms with Crippen molar-refractivity contribution < 1.29 is 4.79 Å². The minimum absolute atomic E-state index is 0. The van der Waals surface area contributed by atoms with Crippen molar-refractivity contribution in [1.29, 1.82) is 0 Å². The summed E-state index contributed by atoms with van der Waals surface area (Å²) >= 11 is 0. The standard InChI is InChI=1S/C14H22N2O.ClH/c1-4-11-5-7-12(8-6-11)9-13(17)16-14(2,3)10-15;/h5-8H,4,9-10,15H2,1-3H3,(H,16,17);1H. The molecule has 18 heavy (non-hydrogen) atoms. The van der Waals surface area contributed by atoms with Crippen LogP contribution in [-0.4, -0.2) is 18.0 Å². The van der Waals surface area contributed by atoms with E-state index < -0.39 is 0 Å². The van der Waals surface area contributed by atoms with Gasteiger partial charge in [0, 0.05) is 12.1 Å². The first-order valence-electron chi connectivity index (χ1n) is 6.06. The van der Waals surface area contributed by atoms with Gasteiger partial charge in [0.25, 0.3) is 0 Å². The van der Waals surface area contributed by atoms with Crippen LogP contribution in [-0.2, 0) is 17.6 Å². The van der Waals surface area contributed by atoms with Crippen LogP contribution in [0.15, 0.2) is 24.3 Å². The number of aryl methyl sites for hydroxylation is 1. The molecule has 1 aromatic carbocycles. The van der Waals surface area contributed by atoms with Gasteiger partial charge in [-0.3, -0.25) is 4.79 Å². The fourth-order valence-electron chi connectivity index (χ4n) is 1.55. The summed E-state index contributed by atoms with van der Waals surface area (Å²) in [7, 11) is 0. The second-order valence-electron chi connectivity index (χ2n) is 4.98. The van der Waals surface area contributed by atoms with Crippen molar-refractivity contribution in [3.05, 3.63) is 35.4 Å². The minimum atomic E-state index is -0.333. The average molecular weight is 271 g/mol. The molecule has 3 nitrogen and oxygen atoms in total. The molecule has 1 rings (SSSR count). The van der Waals surface area contributed by atoms with Gasteiger partial charge >= 0.3 is 0 Å². The van der Waals surface area contributed by atoms with Crippen molar-refractivity contribution in [2.75, 3.05) is 6.54 Å². The Morgan fingerprint density at radius 1 is 1.22 bits per heavy atom. The maximum absolute atomic E-state index is 11.8. The zero-order chi connectivity index (χ0) is 12.9. The average Bonchev–Trinajstić information content (AvgIpc) is 2.29. The largest absolute Gasteiger partial charge is 0.350 e.